The van der Waals surface area contributed by atoms with Gasteiger partial charge in [0.15, 0.2) is 0 Å². The molecule has 0 radical (unpaired) electrons. The molecule has 0 aromatic heterocycles. The van der Waals surface area contributed by atoms with Crippen LogP contribution < -0.4 is 15.5 Å². The van der Waals surface area contributed by atoms with Gasteiger partial charge in [-0.25, -0.2) is 0 Å². The quantitative estimate of drug-likeness (QED) is 0.538. The summed E-state index contributed by atoms with van der Waals surface area (Å²) in [6, 6.07) is 16.3. The second-order valence-electron chi connectivity index (χ2n) is 9.28. The van der Waals surface area contributed by atoms with Crippen molar-refractivity contribution in [3.8, 4) is 11.8 Å². The Bertz CT molecular complexity index is 1150. The number of nitrogens with zero attached hydrogens (tertiary/aromatic N) is 4. The monoisotopic (exact) mass is 502 g/mol. The summed E-state index contributed by atoms with van der Waals surface area (Å²) < 4.78 is 17.0. The van der Waals surface area contributed by atoms with Crippen molar-refractivity contribution in [3.63, 3.8) is 0 Å². The Morgan fingerprint density at radius 3 is 2.68 bits per heavy atom. The van der Waals surface area contributed by atoms with Crippen molar-refractivity contribution in [3.05, 3.63) is 59.7 Å². The second kappa shape index (κ2) is 12.6. The summed E-state index contributed by atoms with van der Waals surface area (Å²) in [7, 11) is 0. The highest BCUT2D eigenvalue weighted by atomic mass is 16.5. The molecule has 0 saturated carbocycles. The number of aliphatic imine (C=N–C) groups is 1. The zero-order valence-corrected chi connectivity index (χ0v) is 21.1. The third kappa shape index (κ3) is 6.80. The van der Waals surface area contributed by atoms with E-state index in [2.05, 4.69) is 38.8 Å². The van der Waals surface area contributed by atoms with E-state index < -0.39 is 0 Å². The van der Waals surface area contributed by atoms with Crippen LogP contribution in [0, 0.1) is 11.3 Å². The van der Waals surface area contributed by atoms with Gasteiger partial charge in [-0.3, -0.25) is 20.3 Å². The molecule has 3 heterocycles. The standard InChI is InChI=1S/C28H34N6O3/c29-20-23-18-22(4-5-28(23)37-26-7-14-35-15-8-26)27-6-9-30-21-34(27)32-25-3-1-2-24(19-25)31-10-11-33-12-16-36-17-13-33/h1-6,9,18-19,26,31-32H,7-8,10-17,21H2. The first-order chi connectivity index (χ1) is 18.3. The molecule has 0 unspecified atom stereocenters. The summed E-state index contributed by atoms with van der Waals surface area (Å²) in [5.41, 5.74) is 7.89. The number of anilines is 2. The average molecular weight is 503 g/mol. The number of morpholine rings is 1. The molecular weight excluding hydrogens is 468 g/mol. The number of nitrogens with one attached hydrogen (secondary N) is 2. The van der Waals surface area contributed by atoms with Gasteiger partial charge in [-0.1, -0.05) is 6.07 Å². The van der Waals surface area contributed by atoms with Crippen molar-refractivity contribution in [2.45, 2.75) is 18.9 Å². The molecule has 9 nitrogen and oxygen atoms in total. The largest absolute Gasteiger partial charge is 0.489 e. The Morgan fingerprint density at radius 1 is 1.03 bits per heavy atom. The van der Waals surface area contributed by atoms with Gasteiger partial charge in [-0.2, -0.15) is 5.26 Å². The summed E-state index contributed by atoms with van der Waals surface area (Å²) in [6.45, 7) is 7.33. The molecule has 0 spiro atoms. The van der Waals surface area contributed by atoms with Gasteiger partial charge in [0, 0.05) is 56.5 Å². The summed E-state index contributed by atoms with van der Waals surface area (Å²) in [4.78, 5) is 6.83. The van der Waals surface area contributed by atoms with Gasteiger partial charge in [-0.05, 0) is 42.5 Å². The van der Waals surface area contributed by atoms with Gasteiger partial charge < -0.3 is 19.5 Å². The SMILES string of the molecule is N#Cc1cc(C2=CC=NCN2Nc2cccc(NCCN3CCOCC3)c2)ccc1OC1CCOCC1. The molecule has 0 amide bonds. The van der Waals surface area contributed by atoms with Crippen molar-refractivity contribution < 1.29 is 14.2 Å². The highest BCUT2D eigenvalue weighted by Crippen LogP contribution is 2.29. The van der Waals surface area contributed by atoms with Gasteiger partial charge in [0.25, 0.3) is 0 Å². The van der Waals surface area contributed by atoms with Gasteiger partial charge in [0.2, 0.25) is 0 Å². The summed E-state index contributed by atoms with van der Waals surface area (Å²) in [6.07, 6.45) is 5.52. The molecule has 0 atom stereocenters. The van der Waals surface area contributed by atoms with Crippen LogP contribution in [0.3, 0.4) is 0 Å². The number of rotatable bonds is 9. The number of benzene rings is 2. The Kier molecular flexibility index (Phi) is 8.54. The number of ether oxygens (including phenoxy) is 3. The average Bonchev–Trinajstić information content (AvgIpc) is 2.95. The Balaban J connectivity index is 1.23. The van der Waals surface area contributed by atoms with Gasteiger partial charge in [0.1, 0.15) is 24.6 Å². The minimum atomic E-state index is 0.0839. The number of allylic oxidation sites excluding steroid dienone is 1. The van der Waals surface area contributed by atoms with Crippen molar-refractivity contribution in [1.82, 2.24) is 9.91 Å². The molecule has 2 fully saturated rings. The van der Waals surface area contributed by atoms with E-state index in [4.69, 9.17) is 14.2 Å². The van der Waals surface area contributed by atoms with Crippen molar-refractivity contribution >= 4 is 23.3 Å². The number of hydrogen-bond acceptors (Lipinski definition) is 9. The lowest BCUT2D eigenvalue weighted by Crippen LogP contribution is -2.39. The zero-order chi connectivity index (χ0) is 25.3. The zero-order valence-electron chi connectivity index (χ0n) is 21.1. The van der Waals surface area contributed by atoms with Crippen LogP contribution in [0.4, 0.5) is 11.4 Å². The molecule has 2 aromatic rings. The van der Waals surface area contributed by atoms with Crippen molar-refractivity contribution in [2.75, 3.05) is 70.0 Å². The third-order valence-corrected chi connectivity index (χ3v) is 6.70. The molecule has 9 heteroatoms. The van der Waals surface area contributed by atoms with Crippen LogP contribution in [-0.2, 0) is 9.47 Å². The van der Waals surface area contributed by atoms with Crippen LogP contribution in [0.5, 0.6) is 5.75 Å². The van der Waals surface area contributed by atoms with Crippen LogP contribution in [0.15, 0.2) is 53.5 Å². The Labute approximate surface area is 218 Å². The van der Waals surface area contributed by atoms with Crippen LogP contribution in [0.2, 0.25) is 0 Å². The van der Waals surface area contributed by atoms with Gasteiger partial charge in [-0.15, -0.1) is 0 Å². The molecule has 2 saturated heterocycles. The molecule has 194 valence electrons. The summed E-state index contributed by atoms with van der Waals surface area (Å²) >= 11 is 0. The molecular formula is C28H34N6O3. The van der Waals surface area contributed by atoms with Crippen molar-refractivity contribution in [1.29, 1.82) is 5.26 Å². The molecule has 0 aliphatic carbocycles. The van der Waals surface area contributed by atoms with Crippen LogP contribution >= 0.6 is 0 Å². The third-order valence-electron chi connectivity index (χ3n) is 6.70. The van der Waals surface area contributed by atoms with E-state index in [0.29, 0.717) is 31.2 Å². The maximum Gasteiger partial charge on any atom is 0.137 e. The predicted octanol–water partition coefficient (Wildman–Crippen LogP) is 3.57. The molecule has 5 rings (SSSR count). The minimum absolute atomic E-state index is 0.0839. The van der Waals surface area contributed by atoms with Crippen LogP contribution in [0.1, 0.15) is 24.0 Å². The van der Waals surface area contributed by atoms with E-state index in [0.717, 1.165) is 74.9 Å². The van der Waals surface area contributed by atoms with Gasteiger partial charge in [0.05, 0.1) is 43.4 Å². The van der Waals surface area contributed by atoms with E-state index in [-0.39, 0.29) is 6.10 Å². The number of hydrogen-bond donors (Lipinski definition) is 2. The lowest BCUT2D eigenvalue weighted by molar-refractivity contribution is 0.0254. The van der Waals surface area contributed by atoms with Gasteiger partial charge >= 0.3 is 0 Å². The lowest BCUT2D eigenvalue weighted by atomic mass is 10.1. The van der Waals surface area contributed by atoms with E-state index in [1.807, 2.05) is 41.4 Å². The first-order valence-electron chi connectivity index (χ1n) is 13.0. The Morgan fingerprint density at radius 2 is 1.84 bits per heavy atom. The van der Waals surface area contributed by atoms with Crippen molar-refractivity contribution in [2.24, 2.45) is 4.99 Å². The van der Waals surface area contributed by atoms with E-state index in [1.54, 1.807) is 6.21 Å². The predicted molar refractivity (Wildman–Crippen MR) is 145 cm³/mol. The van der Waals surface area contributed by atoms with E-state index >= 15 is 0 Å². The molecule has 0 bridgehead atoms. The lowest BCUT2D eigenvalue weighted by Gasteiger charge is -2.30. The fraction of sp³-hybridized carbons (Fsp3) is 0.429. The van der Waals surface area contributed by atoms with Crippen LogP contribution in [-0.4, -0.2) is 81.5 Å². The molecule has 2 aromatic carbocycles. The highest BCUT2D eigenvalue weighted by molar-refractivity contribution is 5.86. The number of nitriles is 1. The smallest absolute Gasteiger partial charge is 0.137 e. The maximum absolute atomic E-state index is 9.81. The maximum atomic E-state index is 9.81. The molecule has 3 aliphatic heterocycles. The second-order valence-corrected chi connectivity index (χ2v) is 9.28. The first kappa shape index (κ1) is 25.1. The normalized spacial score (nSPS) is 18.7. The molecule has 37 heavy (non-hydrogen) atoms. The topological polar surface area (TPSA) is 94.4 Å². The highest BCUT2D eigenvalue weighted by Gasteiger charge is 2.20. The summed E-state index contributed by atoms with van der Waals surface area (Å²) in [5, 5.41) is 15.3. The Hall–Kier alpha value is -3.58. The fourth-order valence-corrected chi connectivity index (χ4v) is 4.66. The fourth-order valence-electron chi connectivity index (χ4n) is 4.66. The number of hydrazine groups is 1. The minimum Gasteiger partial charge on any atom is -0.489 e. The molecule has 2 N–H and O–H groups in total. The first-order valence-corrected chi connectivity index (χ1v) is 13.0. The molecule has 3 aliphatic rings. The van der Waals surface area contributed by atoms with Crippen LogP contribution in [0.25, 0.3) is 5.70 Å². The van der Waals surface area contributed by atoms with E-state index in [1.165, 1.54) is 0 Å². The van der Waals surface area contributed by atoms with E-state index in [9.17, 15) is 5.26 Å². The summed E-state index contributed by atoms with van der Waals surface area (Å²) in [5.74, 6) is 0.624.